The fourth-order valence-corrected chi connectivity index (χ4v) is 0.434. The van der Waals surface area contributed by atoms with E-state index < -0.39 is 0 Å². The van der Waals surface area contributed by atoms with Crippen molar-refractivity contribution in [1.29, 1.82) is 0 Å². The molecule has 2 N–H and O–H groups in total. The molecule has 0 atom stereocenters. The number of pyridine rings is 1. The maximum absolute atomic E-state index is 5.40. The molecule has 0 aliphatic rings. The summed E-state index contributed by atoms with van der Waals surface area (Å²) in [5.74, 6) is 0. The second-order valence-electron chi connectivity index (χ2n) is 1.65. The van der Waals surface area contributed by atoms with Crippen molar-refractivity contribution >= 4 is 5.69 Å². The van der Waals surface area contributed by atoms with Gasteiger partial charge in [-0.2, -0.15) is 6.07 Å². The Labute approximate surface area is 87.8 Å². The van der Waals surface area contributed by atoms with Crippen molar-refractivity contribution in [3.05, 3.63) is 24.0 Å². The summed E-state index contributed by atoms with van der Waals surface area (Å²) in [5.41, 5.74) is 7.06. The van der Waals surface area contributed by atoms with E-state index in [2.05, 4.69) is 11.2 Å². The Kier molecular flexibility index (Phi) is 4.33. The molecule has 0 bridgehead atoms. The van der Waals surface area contributed by atoms with Crippen molar-refractivity contribution in [3.63, 3.8) is 0 Å². The fourth-order valence-electron chi connectivity index (χ4n) is 0.434. The molecule has 1 aromatic rings. The third-order valence-corrected chi connectivity index (χ3v) is 1.01. The number of hydrogen-bond acceptors (Lipinski definition) is 2. The summed E-state index contributed by atoms with van der Waals surface area (Å²) in [4.78, 5) is 3.70. The molecule has 0 spiro atoms. The van der Waals surface area contributed by atoms with E-state index in [9.17, 15) is 0 Å². The fraction of sp³-hybridized carbons (Fsp3) is 0.167. The van der Waals surface area contributed by atoms with Crippen molar-refractivity contribution in [2.75, 3.05) is 5.73 Å². The Morgan fingerprint density at radius 1 is 1.67 bits per heavy atom. The van der Waals surface area contributed by atoms with Gasteiger partial charge in [-0.1, -0.05) is 25.0 Å². The molecule has 0 saturated heterocycles. The van der Waals surface area contributed by atoms with Crippen LogP contribution in [0, 0.1) is 54.4 Å². The van der Waals surface area contributed by atoms with Crippen molar-refractivity contribution in [3.8, 4) is 0 Å². The first kappa shape index (κ1) is 9.31. The minimum atomic E-state index is 0. The van der Waals surface area contributed by atoms with Crippen LogP contribution in [0.4, 0.5) is 5.69 Å². The van der Waals surface area contributed by atoms with E-state index in [1.165, 1.54) is 0 Å². The molecule has 0 unspecified atom stereocenters. The molecule has 2 nitrogen and oxygen atoms in total. The molecule has 0 fully saturated rings. The maximum atomic E-state index is 5.40. The molecule has 1 heterocycles. The monoisotopic (exact) mass is 248 g/mol. The van der Waals surface area contributed by atoms with Gasteiger partial charge in [0.15, 0.2) is 0 Å². The van der Waals surface area contributed by atoms with E-state index in [4.69, 9.17) is 5.73 Å². The summed E-state index contributed by atoms with van der Waals surface area (Å²) in [6.07, 6.45) is 4.30. The second-order valence-corrected chi connectivity index (χ2v) is 1.65. The van der Waals surface area contributed by atoms with Crippen LogP contribution < -0.4 is 5.73 Å². The van der Waals surface area contributed by atoms with E-state index in [-0.39, 0.29) is 41.3 Å². The minimum Gasteiger partial charge on any atom is -0.418 e. The Bertz CT molecular complexity index is 167. The van der Waals surface area contributed by atoms with Gasteiger partial charge in [0.25, 0.3) is 0 Å². The number of rotatable bonds is 0. The molecule has 0 amide bonds. The van der Waals surface area contributed by atoms with Gasteiger partial charge >= 0.3 is 0 Å². The Morgan fingerprint density at radius 2 is 2.33 bits per heavy atom. The van der Waals surface area contributed by atoms with Crippen LogP contribution in [0.15, 0.2) is 12.3 Å². The van der Waals surface area contributed by atoms with Gasteiger partial charge in [0.05, 0.1) is 0 Å². The van der Waals surface area contributed by atoms with Crippen molar-refractivity contribution < 1.29 is 41.3 Å². The van der Waals surface area contributed by atoms with Crippen molar-refractivity contribution in [2.24, 2.45) is 0 Å². The van der Waals surface area contributed by atoms with E-state index in [0.29, 0.717) is 5.69 Å². The van der Waals surface area contributed by atoms with Gasteiger partial charge in [0.1, 0.15) is 0 Å². The molecular formula is C6H7N2Pr-. The van der Waals surface area contributed by atoms with Gasteiger partial charge in [-0.05, 0) is 0 Å². The zero-order valence-electron chi connectivity index (χ0n) is 5.26. The molecule has 0 aliphatic carbocycles. The van der Waals surface area contributed by atoms with Gasteiger partial charge in [0.2, 0.25) is 0 Å². The average Bonchev–Trinajstić information content (AvgIpc) is 1.77. The van der Waals surface area contributed by atoms with Crippen LogP contribution in [0.3, 0.4) is 0 Å². The molecular weight excluding hydrogens is 241 g/mol. The summed E-state index contributed by atoms with van der Waals surface area (Å²) in [6.45, 7) is 1.92. The van der Waals surface area contributed by atoms with Crippen LogP contribution >= 0.6 is 0 Å². The summed E-state index contributed by atoms with van der Waals surface area (Å²) >= 11 is 0. The quantitative estimate of drug-likeness (QED) is 0.689. The number of aromatic nitrogens is 1. The molecule has 3 heteroatoms. The number of nitrogen functional groups attached to an aromatic ring is 1. The first-order valence-corrected chi connectivity index (χ1v) is 2.39. The third-order valence-electron chi connectivity index (χ3n) is 1.01. The zero-order chi connectivity index (χ0) is 5.98. The number of aryl methyl sites for hydroxylation is 1. The Hall–Kier alpha value is 0.314. The van der Waals surface area contributed by atoms with Crippen LogP contribution in [-0.4, -0.2) is 4.98 Å². The number of anilines is 1. The van der Waals surface area contributed by atoms with Gasteiger partial charge < -0.3 is 10.7 Å². The van der Waals surface area contributed by atoms with Crippen molar-refractivity contribution in [2.45, 2.75) is 6.92 Å². The molecule has 45 valence electrons. The van der Waals surface area contributed by atoms with E-state index in [1.54, 1.807) is 6.20 Å². The molecule has 0 aliphatic heterocycles. The molecule has 9 heavy (non-hydrogen) atoms. The van der Waals surface area contributed by atoms with E-state index >= 15 is 0 Å². The van der Waals surface area contributed by atoms with Crippen LogP contribution in [0.1, 0.15) is 5.56 Å². The molecule has 1 radical (unpaired) electrons. The van der Waals surface area contributed by atoms with Gasteiger partial charge in [-0.25, -0.2) is 0 Å². The zero-order valence-corrected chi connectivity index (χ0v) is 8.96. The summed E-state index contributed by atoms with van der Waals surface area (Å²) in [5, 5.41) is 0. The number of hydrogen-bond donors (Lipinski definition) is 1. The van der Waals surface area contributed by atoms with Crippen molar-refractivity contribution in [1.82, 2.24) is 4.98 Å². The van der Waals surface area contributed by atoms with Crippen LogP contribution in [0.2, 0.25) is 0 Å². The Balaban J connectivity index is 0.000000640. The minimum absolute atomic E-state index is 0. The summed E-state index contributed by atoms with van der Waals surface area (Å²) in [6, 6.07) is 1.85. The maximum Gasteiger partial charge on any atom is 0 e. The second kappa shape index (κ2) is 4.18. The van der Waals surface area contributed by atoms with Gasteiger partial charge in [0, 0.05) is 41.3 Å². The van der Waals surface area contributed by atoms with Crippen LogP contribution in [-0.2, 0) is 0 Å². The number of nitrogens with two attached hydrogens (primary N) is 1. The smallest absolute Gasteiger partial charge is 0 e. The van der Waals surface area contributed by atoms with E-state index in [0.717, 1.165) is 5.56 Å². The molecule has 0 aromatic carbocycles. The van der Waals surface area contributed by atoms with Gasteiger partial charge in [-0.15, -0.1) is 5.56 Å². The first-order valence-electron chi connectivity index (χ1n) is 2.39. The van der Waals surface area contributed by atoms with Crippen LogP contribution in [0.25, 0.3) is 0 Å². The van der Waals surface area contributed by atoms with Crippen LogP contribution in [0.5, 0.6) is 0 Å². The largest absolute Gasteiger partial charge is 0.418 e. The molecule has 0 saturated carbocycles. The first-order chi connectivity index (χ1) is 3.80. The summed E-state index contributed by atoms with van der Waals surface area (Å²) < 4.78 is 0. The topological polar surface area (TPSA) is 38.9 Å². The number of nitrogens with zero attached hydrogens (tertiary/aromatic N) is 1. The summed E-state index contributed by atoms with van der Waals surface area (Å²) in [7, 11) is 0. The molecule has 1 rings (SSSR count). The average molecular weight is 248 g/mol. The Morgan fingerprint density at radius 3 is 2.67 bits per heavy atom. The predicted molar refractivity (Wildman–Crippen MR) is 32.2 cm³/mol. The molecule has 1 aromatic heterocycles. The SMILES string of the molecule is Cc1ccn[c-]c1N.[Pr]. The standard InChI is InChI=1S/C6H7N2.Pr/c1-5-2-3-8-4-6(5)7;/h2-3H,7H2,1H3;/q-1;. The van der Waals surface area contributed by atoms with E-state index in [1.807, 2.05) is 13.0 Å². The third kappa shape index (κ3) is 2.59. The predicted octanol–water partition coefficient (Wildman–Crippen LogP) is 0.772. The normalized spacial score (nSPS) is 8.11. The van der Waals surface area contributed by atoms with Gasteiger partial charge in [-0.3, -0.25) is 0 Å².